The molecule has 0 fully saturated rings. The van der Waals surface area contributed by atoms with Crippen LogP contribution in [-0.4, -0.2) is 39.0 Å². The van der Waals surface area contributed by atoms with Gasteiger partial charge in [0.1, 0.15) is 6.54 Å². The molecule has 0 saturated carbocycles. The first kappa shape index (κ1) is 16.9. The lowest BCUT2D eigenvalue weighted by Crippen LogP contribution is -2.36. The van der Waals surface area contributed by atoms with Gasteiger partial charge in [-0.2, -0.15) is 17.5 Å². The fraction of sp³-hybridized carbons (Fsp3) is 0.500. The van der Waals surface area contributed by atoms with E-state index in [0.29, 0.717) is 16.4 Å². The van der Waals surface area contributed by atoms with Crippen LogP contribution in [-0.2, 0) is 16.6 Å². The first-order valence-electron chi connectivity index (χ1n) is 6.00. The van der Waals surface area contributed by atoms with Gasteiger partial charge in [-0.15, -0.1) is 0 Å². The summed E-state index contributed by atoms with van der Waals surface area (Å²) in [7, 11) is -3.24. The van der Waals surface area contributed by atoms with Gasteiger partial charge < -0.3 is 5.32 Å². The third kappa shape index (κ3) is 4.46. The van der Waals surface area contributed by atoms with Gasteiger partial charge in [0, 0.05) is 13.6 Å². The van der Waals surface area contributed by atoms with Crippen molar-refractivity contribution in [2.24, 2.45) is 0 Å². The van der Waals surface area contributed by atoms with Crippen LogP contribution in [0.2, 0.25) is 0 Å². The summed E-state index contributed by atoms with van der Waals surface area (Å²) in [5.74, 6) is 0. The predicted molar refractivity (Wildman–Crippen MR) is 69.7 cm³/mol. The van der Waals surface area contributed by atoms with Crippen molar-refractivity contribution in [3.05, 3.63) is 29.8 Å². The Hall–Kier alpha value is -1.12. The van der Waals surface area contributed by atoms with Crippen molar-refractivity contribution in [2.45, 2.75) is 24.5 Å². The number of sulfonamides is 1. The molecule has 0 heterocycles. The van der Waals surface area contributed by atoms with E-state index >= 15 is 0 Å². The molecule has 1 aromatic rings. The minimum absolute atomic E-state index is 0.104. The van der Waals surface area contributed by atoms with E-state index in [1.54, 1.807) is 12.1 Å². The van der Waals surface area contributed by atoms with Crippen LogP contribution in [0.15, 0.2) is 29.2 Å². The van der Waals surface area contributed by atoms with Crippen molar-refractivity contribution in [1.82, 2.24) is 9.62 Å². The van der Waals surface area contributed by atoms with E-state index in [4.69, 9.17) is 0 Å². The van der Waals surface area contributed by atoms with Crippen LogP contribution in [0, 0.1) is 0 Å². The van der Waals surface area contributed by atoms with E-state index in [1.807, 2.05) is 6.92 Å². The van der Waals surface area contributed by atoms with Gasteiger partial charge in [-0.3, -0.25) is 0 Å². The number of halogens is 3. The molecule has 0 amide bonds. The first-order valence-corrected chi connectivity index (χ1v) is 7.44. The Balaban J connectivity index is 3.09. The van der Waals surface area contributed by atoms with Gasteiger partial charge in [0.05, 0.1) is 4.90 Å². The fourth-order valence-corrected chi connectivity index (χ4v) is 3.04. The second kappa shape index (κ2) is 6.55. The number of hydrogen-bond acceptors (Lipinski definition) is 3. The molecule has 0 saturated heterocycles. The maximum absolute atomic E-state index is 12.3. The van der Waals surface area contributed by atoms with E-state index in [2.05, 4.69) is 5.32 Å². The second-order valence-corrected chi connectivity index (χ2v) is 6.28. The molecule has 1 aromatic carbocycles. The Morgan fingerprint density at radius 3 is 2.40 bits per heavy atom. The van der Waals surface area contributed by atoms with Crippen molar-refractivity contribution in [3.8, 4) is 0 Å². The highest BCUT2D eigenvalue weighted by Gasteiger charge is 2.35. The van der Waals surface area contributed by atoms with Crippen LogP contribution in [0.1, 0.15) is 12.5 Å². The molecular formula is C12H17F3N2O2S. The standard InChI is InChI=1S/C12H17F3N2O2S/c1-3-16-8-10-6-4-5-7-11(10)20(18,19)17(2)9-12(13,14)15/h4-7,16H,3,8-9H2,1-2H3. The smallest absolute Gasteiger partial charge is 0.313 e. The Bertz CT molecular complexity index is 544. The lowest BCUT2D eigenvalue weighted by molar-refractivity contribution is -0.134. The van der Waals surface area contributed by atoms with Gasteiger partial charge in [0.2, 0.25) is 10.0 Å². The number of alkyl halides is 3. The Kier molecular flexibility index (Phi) is 5.55. The Labute approximate surface area is 116 Å². The van der Waals surface area contributed by atoms with Crippen molar-refractivity contribution in [2.75, 3.05) is 20.1 Å². The molecule has 0 aromatic heterocycles. The van der Waals surface area contributed by atoms with E-state index in [9.17, 15) is 21.6 Å². The summed E-state index contributed by atoms with van der Waals surface area (Å²) in [6.45, 7) is 1.26. The fourth-order valence-electron chi connectivity index (χ4n) is 1.67. The number of nitrogens with one attached hydrogen (secondary N) is 1. The van der Waals surface area contributed by atoms with E-state index in [-0.39, 0.29) is 11.4 Å². The van der Waals surface area contributed by atoms with Gasteiger partial charge in [-0.1, -0.05) is 25.1 Å². The van der Waals surface area contributed by atoms with Crippen LogP contribution in [0.25, 0.3) is 0 Å². The highest BCUT2D eigenvalue weighted by atomic mass is 32.2. The third-order valence-corrected chi connectivity index (χ3v) is 4.53. The largest absolute Gasteiger partial charge is 0.402 e. The predicted octanol–water partition coefficient (Wildman–Crippen LogP) is 1.98. The van der Waals surface area contributed by atoms with Gasteiger partial charge in [-0.05, 0) is 18.2 Å². The molecule has 4 nitrogen and oxygen atoms in total. The molecule has 114 valence electrons. The summed E-state index contributed by atoms with van der Waals surface area (Å²) in [5.41, 5.74) is 0.448. The Morgan fingerprint density at radius 2 is 1.85 bits per heavy atom. The topological polar surface area (TPSA) is 49.4 Å². The molecule has 1 N–H and O–H groups in total. The van der Waals surface area contributed by atoms with Gasteiger partial charge in [0.15, 0.2) is 0 Å². The van der Waals surface area contributed by atoms with Crippen LogP contribution < -0.4 is 5.32 Å². The number of benzene rings is 1. The van der Waals surface area contributed by atoms with Crippen molar-refractivity contribution in [3.63, 3.8) is 0 Å². The van der Waals surface area contributed by atoms with Crippen molar-refractivity contribution >= 4 is 10.0 Å². The molecule has 8 heteroatoms. The molecule has 0 unspecified atom stereocenters. The summed E-state index contributed by atoms with van der Waals surface area (Å²) in [6.07, 6.45) is -4.57. The zero-order valence-corrected chi connectivity index (χ0v) is 12.1. The quantitative estimate of drug-likeness (QED) is 0.874. The van der Waals surface area contributed by atoms with Gasteiger partial charge in [0.25, 0.3) is 0 Å². The minimum atomic E-state index is -4.57. The van der Waals surface area contributed by atoms with Crippen LogP contribution in [0.4, 0.5) is 13.2 Å². The third-order valence-electron chi connectivity index (χ3n) is 2.63. The number of hydrogen-bond donors (Lipinski definition) is 1. The lowest BCUT2D eigenvalue weighted by atomic mass is 10.2. The lowest BCUT2D eigenvalue weighted by Gasteiger charge is -2.20. The molecule has 0 aliphatic carbocycles. The highest BCUT2D eigenvalue weighted by Crippen LogP contribution is 2.23. The first-order chi connectivity index (χ1) is 9.18. The SMILES string of the molecule is CCNCc1ccccc1S(=O)(=O)N(C)CC(F)(F)F. The molecule has 0 aliphatic heterocycles. The van der Waals surface area contributed by atoms with Crippen LogP contribution in [0.3, 0.4) is 0 Å². The van der Waals surface area contributed by atoms with Gasteiger partial charge >= 0.3 is 6.18 Å². The van der Waals surface area contributed by atoms with Crippen molar-refractivity contribution < 1.29 is 21.6 Å². The summed E-state index contributed by atoms with van der Waals surface area (Å²) in [5, 5.41) is 2.96. The summed E-state index contributed by atoms with van der Waals surface area (Å²) in [6, 6.07) is 6.03. The van der Waals surface area contributed by atoms with Gasteiger partial charge in [-0.25, -0.2) is 8.42 Å². The average Bonchev–Trinajstić information content (AvgIpc) is 2.34. The summed E-state index contributed by atoms with van der Waals surface area (Å²) in [4.78, 5) is -0.104. The minimum Gasteiger partial charge on any atom is -0.313 e. The highest BCUT2D eigenvalue weighted by molar-refractivity contribution is 7.89. The van der Waals surface area contributed by atoms with E-state index in [0.717, 1.165) is 7.05 Å². The zero-order chi connectivity index (χ0) is 15.4. The number of rotatable bonds is 6. The molecular weight excluding hydrogens is 293 g/mol. The molecule has 0 aliphatic rings. The maximum atomic E-state index is 12.3. The molecule has 20 heavy (non-hydrogen) atoms. The summed E-state index contributed by atoms with van der Waals surface area (Å²) >= 11 is 0. The summed E-state index contributed by atoms with van der Waals surface area (Å²) < 4.78 is 61.7. The number of nitrogens with zero attached hydrogens (tertiary/aromatic N) is 1. The van der Waals surface area contributed by atoms with Crippen LogP contribution >= 0.6 is 0 Å². The molecule has 0 radical (unpaired) electrons. The van der Waals surface area contributed by atoms with Crippen LogP contribution in [0.5, 0.6) is 0 Å². The zero-order valence-electron chi connectivity index (χ0n) is 11.2. The van der Waals surface area contributed by atoms with E-state index in [1.165, 1.54) is 12.1 Å². The monoisotopic (exact) mass is 310 g/mol. The second-order valence-electron chi connectivity index (χ2n) is 4.26. The molecule has 0 atom stereocenters. The molecule has 1 rings (SSSR count). The van der Waals surface area contributed by atoms with E-state index < -0.39 is 22.7 Å². The molecule has 0 bridgehead atoms. The Morgan fingerprint density at radius 1 is 1.25 bits per heavy atom. The van der Waals surface area contributed by atoms with Crippen molar-refractivity contribution in [1.29, 1.82) is 0 Å². The average molecular weight is 310 g/mol. The maximum Gasteiger partial charge on any atom is 0.402 e. The normalized spacial score (nSPS) is 12.9. The molecule has 0 spiro atoms.